The standard InChI is InChI=1S/C9H9ClN2O2/c1-9(2)4-3-5(11)12-7(10)6(4)8(13)14-9/h3H,1-2H3,(H2,11,12). The van der Waals surface area contributed by atoms with Crippen LogP contribution >= 0.6 is 11.6 Å². The number of fused-ring (bicyclic) bond motifs is 1. The normalized spacial score (nSPS) is 17.8. The van der Waals surface area contributed by atoms with Crippen LogP contribution in [-0.4, -0.2) is 11.0 Å². The number of anilines is 1. The molecule has 0 bridgehead atoms. The molecule has 0 amide bonds. The summed E-state index contributed by atoms with van der Waals surface area (Å²) in [7, 11) is 0. The maximum absolute atomic E-state index is 11.4. The number of pyridine rings is 1. The van der Waals surface area contributed by atoms with E-state index in [0.717, 1.165) is 0 Å². The van der Waals surface area contributed by atoms with Gasteiger partial charge in [-0.3, -0.25) is 0 Å². The topological polar surface area (TPSA) is 65.2 Å². The van der Waals surface area contributed by atoms with E-state index in [1.165, 1.54) is 0 Å². The number of carbonyl (C=O) groups is 1. The quantitative estimate of drug-likeness (QED) is 0.525. The second-order valence-electron chi connectivity index (χ2n) is 3.66. The number of hydrogen-bond acceptors (Lipinski definition) is 4. The van der Waals surface area contributed by atoms with Gasteiger partial charge in [0.05, 0.1) is 0 Å². The highest BCUT2D eigenvalue weighted by atomic mass is 35.5. The molecule has 5 heteroatoms. The van der Waals surface area contributed by atoms with Crippen molar-refractivity contribution >= 4 is 23.4 Å². The lowest BCUT2D eigenvalue weighted by Gasteiger charge is -2.17. The third-order valence-corrected chi connectivity index (χ3v) is 2.47. The number of cyclic esters (lactones) is 1. The van der Waals surface area contributed by atoms with Gasteiger partial charge in [-0.25, -0.2) is 9.78 Å². The summed E-state index contributed by atoms with van der Waals surface area (Å²) in [6, 6.07) is 1.62. The first-order chi connectivity index (χ1) is 6.42. The molecule has 0 saturated heterocycles. The van der Waals surface area contributed by atoms with Crippen molar-refractivity contribution in [1.82, 2.24) is 4.98 Å². The zero-order valence-corrected chi connectivity index (χ0v) is 8.55. The van der Waals surface area contributed by atoms with Gasteiger partial charge >= 0.3 is 5.97 Å². The van der Waals surface area contributed by atoms with Crippen LogP contribution in [0.3, 0.4) is 0 Å². The Kier molecular flexibility index (Phi) is 1.72. The fraction of sp³-hybridized carbons (Fsp3) is 0.333. The lowest BCUT2D eigenvalue weighted by Crippen LogP contribution is -2.16. The van der Waals surface area contributed by atoms with E-state index in [1.54, 1.807) is 19.9 Å². The maximum atomic E-state index is 11.4. The van der Waals surface area contributed by atoms with Crippen LogP contribution in [0.4, 0.5) is 5.82 Å². The van der Waals surface area contributed by atoms with Crippen molar-refractivity contribution in [3.05, 3.63) is 22.3 Å². The molecule has 4 nitrogen and oxygen atoms in total. The number of ether oxygens (including phenoxy) is 1. The molecule has 74 valence electrons. The third-order valence-electron chi connectivity index (χ3n) is 2.20. The van der Waals surface area contributed by atoms with E-state index in [4.69, 9.17) is 22.1 Å². The van der Waals surface area contributed by atoms with Crippen molar-refractivity contribution in [2.24, 2.45) is 0 Å². The molecule has 0 fully saturated rings. The van der Waals surface area contributed by atoms with E-state index in [-0.39, 0.29) is 5.15 Å². The summed E-state index contributed by atoms with van der Waals surface area (Å²) in [6.07, 6.45) is 0. The van der Waals surface area contributed by atoms with Crippen LogP contribution in [0, 0.1) is 0 Å². The minimum Gasteiger partial charge on any atom is -0.451 e. The van der Waals surface area contributed by atoms with Crippen LogP contribution in [0.2, 0.25) is 5.15 Å². The fourth-order valence-electron chi connectivity index (χ4n) is 1.54. The van der Waals surface area contributed by atoms with Crippen LogP contribution in [0.15, 0.2) is 6.07 Å². The highest BCUT2D eigenvalue weighted by Gasteiger charge is 2.40. The highest BCUT2D eigenvalue weighted by Crippen LogP contribution is 2.39. The van der Waals surface area contributed by atoms with Crippen LogP contribution in [0.5, 0.6) is 0 Å². The minimum absolute atomic E-state index is 0.107. The lowest BCUT2D eigenvalue weighted by atomic mass is 9.97. The number of esters is 1. The number of nitrogens with zero attached hydrogens (tertiary/aromatic N) is 1. The Hall–Kier alpha value is -1.29. The number of aromatic nitrogens is 1. The molecule has 0 atom stereocenters. The molecule has 0 unspecified atom stereocenters. The van der Waals surface area contributed by atoms with E-state index in [1.807, 2.05) is 0 Å². The predicted octanol–water partition coefficient (Wildman–Crippen LogP) is 1.72. The summed E-state index contributed by atoms with van der Waals surface area (Å²) in [6.45, 7) is 3.57. The fourth-order valence-corrected chi connectivity index (χ4v) is 1.82. The molecule has 1 aromatic heterocycles. The molecule has 2 N–H and O–H groups in total. The van der Waals surface area contributed by atoms with Gasteiger partial charge in [-0.2, -0.15) is 0 Å². The van der Waals surface area contributed by atoms with Gasteiger partial charge in [0.1, 0.15) is 22.1 Å². The van der Waals surface area contributed by atoms with Crippen molar-refractivity contribution in [2.45, 2.75) is 19.4 Å². The Labute approximate surface area is 86.0 Å². The minimum atomic E-state index is -0.673. The molecular weight excluding hydrogens is 204 g/mol. The van der Waals surface area contributed by atoms with Crippen molar-refractivity contribution in [2.75, 3.05) is 5.73 Å². The van der Waals surface area contributed by atoms with Crippen LogP contribution in [-0.2, 0) is 10.3 Å². The van der Waals surface area contributed by atoms with Gasteiger partial charge in [-0.15, -0.1) is 0 Å². The molecule has 0 radical (unpaired) electrons. The number of carbonyl (C=O) groups excluding carboxylic acids is 1. The van der Waals surface area contributed by atoms with E-state index in [9.17, 15) is 4.79 Å². The van der Waals surface area contributed by atoms with Crippen LogP contribution in [0.25, 0.3) is 0 Å². The Bertz CT molecular complexity index is 429. The second kappa shape index (κ2) is 2.60. The Morgan fingerprint density at radius 2 is 2.21 bits per heavy atom. The van der Waals surface area contributed by atoms with Gasteiger partial charge in [0, 0.05) is 5.56 Å². The summed E-state index contributed by atoms with van der Waals surface area (Å²) < 4.78 is 5.14. The summed E-state index contributed by atoms with van der Waals surface area (Å²) in [4.78, 5) is 15.2. The van der Waals surface area contributed by atoms with Crippen molar-refractivity contribution in [3.8, 4) is 0 Å². The number of nitrogen functional groups attached to an aromatic ring is 1. The molecule has 0 aromatic carbocycles. The van der Waals surface area contributed by atoms with E-state index >= 15 is 0 Å². The third kappa shape index (κ3) is 1.14. The van der Waals surface area contributed by atoms with Crippen molar-refractivity contribution < 1.29 is 9.53 Å². The first kappa shape index (κ1) is 9.27. The van der Waals surface area contributed by atoms with Gasteiger partial charge in [-0.05, 0) is 19.9 Å². The molecule has 2 rings (SSSR count). The maximum Gasteiger partial charge on any atom is 0.342 e. The first-order valence-corrected chi connectivity index (χ1v) is 4.49. The molecule has 0 aliphatic carbocycles. The summed E-state index contributed by atoms with van der Waals surface area (Å²) in [5, 5.41) is 0.107. The van der Waals surface area contributed by atoms with E-state index in [0.29, 0.717) is 16.9 Å². The average Bonchev–Trinajstić information content (AvgIpc) is 2.21. The number of halogens is 1. The molecule has 2 heterocycles. The monoisotopic (exact) mass is 212 g/mol. The zero-order valence-electron chi connectivity index (χ0n) is 7.80. The zero-order chi connectivity index (χ0) is 10.5. The van der Waals surface area contributed by atoms with Crippen LogP contribution < -0.4 is 5.73 Å². The highest BCUT2D eigenvalue weighted by molar-refractivity contribution is 6.33. The molecule has 0 saturated carbocycles. The van der Waals surface area contributed by atoms with Gasteiger partial charge in [0.15, 0.2) is 0 Å². The predicted molar refractivity (Wildman–Crippen MR) is 52.1 cm³/mol. The SMILES string of the molecule is CC1(C)OC(=O)c2c1cc(N)nc2Cl. The van der Waals surface area contributed by atoms with Gasteiger partial charge < -0.3 is 10.5 Å². The molecule has 1 aliphatic heterocycles. The smallest absolute Gasteiger partial charge is 0.342 e. The second-order valence-corrected chi connectivity index (χ2v) is 4.02. The molecule has 14 heavy (non-hydrogen) atoms. The molecular formula is C9H9ClN2O2. The van der Waals surface area contributed by atoms with Crippen molar-refractivity contribution in [3.63, 3.8) is 0 Å². The summed E-state index contributed by atoms with van der Waals surface area (Å²) in [5.74, 6) is -0.150. The van der Waals surface area contributed by atoms with Gasteiger partial charge in [0.25, 0.3) is 0 Å². The van der Waals surface area contributed by atoms with Gasteiger partial charge in [-0.1, -0.05) is 11.6 Å². The number of hydrogen-bond donors (Lipinski definition) is 1. The summed E-state index contributed by atoms with van der Waals surface area (Å²) in [5.41, 5.74) is 5.88. The van der Waals surface area contributed by atoms with Gasteiger partial charge in [0.2, 0.25) is 0 Å². The number of rotatable bonds is 0. The lowest BCUT2D eigenvalue weighted by molar-refractivity contribution is 0.00956. The first-order valence-electron chi connectivity index (χ1n) is 4.11. The van der Waals surface area contributed by atoms with Crippen molar-refractivity contribution in [1.29, 1.82) is 0 Å². The molecule has 0 spiro atoms. The largest absolute Gasteiger partial charge is 0.451 e. The Morgan fingerprint density at radius 1 is 1.57 bits per heavy atom. The Morgan fingerprint density at radius 3 is 2.86 bits per heavy atom. The van der Waals surface area contributed by atoms with E-state index in [2.05, 4.69) is 4.98 Å². The van der Waals surface area contributed by atoms with E-state index < -0.39 is 11.6 Å². The molecule has 1 aliphatic rings. The number of nitrogens with two attached hydrogens (primary N) is 1. The average molecular weight is 213 g/mol. The van der Waals surface area contributed by atoms with Crippen LogP contribution in [0.1, 0.15) is 29.8 Å². The summed E-state index contributed by atoms with van der Waals surface area (Å²) >= 11 is 5.81. The Balaban J connectivity index is 2.75. The molecule has 1 aromatic rings.